The van der Waals surface area contributed by atoms with E-state index in [1.807, 2.05) is 30.3 Å². The molecule has 0 aliphatic rings. The van der Waals surface area contributed by atoms with Gasteiger partial charge in [0.15, 0.2) is 0 Å². The fourth-order valence-corrected chi connectivity index (χ4v) is 2.23. The number of hydrogen-bond donors (Lipinski definition) is 0. The van der Waals surface area contributed by atoms with Crippen molar-refractivity contribution in [3.05, 3.63) is 35.9 Å². The first kappa shape index (κ1) is 23.6. The van der Waals surface area contributed by atoms with Gasteiger partial charge in [0.05, 0.1) is 52.9 Å². The SMILES string of the molecule is CCCCCC(=O)OCCOCCOCCOCCOCc1ccccc1. The Morgan fingerprint density at radius 3 is 1.89 bits per heavy atom. The van der Waals surface area contributed by atoms with Crippen LogP contribution in [-0.4, -0.2) is 58.8 Å². The third-order valence-corrected chi connectivity index (χ3v) is 3.70. The molecule has 0 atom stereocenters. The molecule has 0 fully saturated rings. The average Bonchev–Trinajstić information content (AvgIpc) is 2.69. The Morgan fingerprint density at radius 2 is 1.30 bits per heavy atom. The van der Waals surface area contributed by atoms with Crippen LogP contribution in [0.15, 0.2) is 30.3 Å². The zero-order chi connectivity index (χ0) is 19.4. The lowest BCUT2D eigenvalue weighted by Gasteiger charge is -2.08. The summed E-state index contributed by atoms with van der Waals surface area (Å²) in [5.41, 5.74) is 1.16. The molecule has 0 saturated carbocycles. The molecule has 27 heavy (non-hydrogen) atoms. The number of benzene rings is 1. The molecule has 0 saturated heterocycles. The number of carbonyl (C=O) groups is 1. The summed E-state index contributed by atoms with van der Waals surface area (Å²) in [4.78, 5) is 11.4. The van der Waals surface area contributed by atoms with Gasteiger partial charge in [0.25, 0.3) is 0 Å². The van der Waals surface area contributed by atoms with Crippen LogP contribution in [0.5, 0.6) is 0 Å². The first-order valence-electron chi connectivity index (χ1n) is 9.83. The van der Waals surface area contributed by atoms with Gasteiger partial charge in [-0.2, -0.15) is 0 Å². The Morgan fingerprint density at radius 1 is 0.741 bits per heavy atom. The molecule has 0 aromatic heterocycles. The normalized spacial score (nSPS) is 10.9. The van der Waals surface area contributed by atoms with E-state index < -0.39 is 0 Å². The summed E-state index contributed by atoms with van der Waals surface area (Å²) >= 11 is 0. The molecule has 0 N–H and O–H groups in total. The molecule has 154 valence electrons. The van der Waals surface area contributed by atoms with Crippen LogP contribution in [0.1, 0.15) is 38.2 Å². The van der Waals surface area contributed by atoms with Gasteiger partial charge in [-0.25, -0.2) is 0 Å². The Labute approximate surface area is 163 Å². The smallest absolute Gasteiger partial charge is 0.305 e. The highest BCUT2D eigenvalue weighted by molar-refractivity contribution is 5.69. The maximum atomic E-state index is 11.4. The number of rotatable bonds is 18. The molecule has 0 unspecified atom stereocenters. The Kier molecular flexibility index (Phi) is 15.6. The molecule has 0 radical (unpaired) electrons. The van der Waals surface area contributed by atoms with Gasteiger partial charge >= 0.3 is 5.97 Å². The fraction of sp³-hybridized carbons (Fsp3) is 0.667. The standard InChI is InChI=1S/C21H34O6/c1-2-3-5-10-21(22)27-18-17-25-14-13-23-11-12-24-15-16-26-19-20-8-6-4-7-9-20/h4,6-9H,2-3,5,10-19H2,1H3. The van der Waals surface area contributed by atoms with Crippen LogP contribution in [-0.2, 0) is 35.1 Å². The molecule has 0 spiro atoms. The summed E-state index contributed by atoms with van der Waals surface area (Å²) in [6.07, 6.45) is 3.55. The average molecular weight is 382 g/mol. The van der Waals surface area contributed by atoms with Crippen molar-refractivity contribution in [1.29, 1.82) is 0 Å². The highest BCUT2D eigenvalue weighted by Crippen LogP contribution is 2.01. The van der Waals surface area contributed by atoms with E-state index >= 15 is 0 Å². The Hall–Kier alpha value is -1.47. The van der Waals surface area contributed by atoms with Crippen LogP contribution in [0, 0.1) is 0 Å². The van der Waals surface area contributed by atoms with E-state index in [2.05, 4.69) is 6.92 Å². The van der Waals surface area contributed by atoms with Gasteiger partial charge in [-0.05, 0) is 12.0 Å². The van der Waals surface area contributed by atoms with E-state index in [1.165, 1.54) is 0 Å². The van der Waals surface area contributed by atoms with Crippen molar-refractivity contribution in [2.24, 2.45) is 0 Å². The van der Waals surface area contributed by atoms with Gasteiger partial charge in [-0.3, -0.25) is 4.79 Å². The molecule has 1 rings (SSSR count). The van der Waals surface area contributed by atoms with E-state index in [-0.39, 0.29) is 5.97 Å². The molecule has 6 nitrogen and oxygen atoms in total. The second-order valence-corrected chi connectivity index (χ2v) is 6.05. The van der Waals surface area contributed by atoms with E-state index in [0.717, 1.165) is 24.8 Å². The van der Waals surface area contributed by atoms with E-state index in [1.54, 1.807) is 0 Å². The molecule has 0 heterocycles. The third-order valence-electron chi connectivity index (χ3n) is 3.70. The van der Waals surface area contributed by atoms with Crippen LogP contribution >= 0.6 is 0 Å². The third kappa shape index (κ3) is 15.3. The van der Waals surface area contributed by atoms with Crippen LogP contribution in [0.4, 0.5) is 0 Å². The lowest BCUT2D eigenvalue weighted by atomic mass is 10.2. The van der Waals surface area contributed by atoms with Crippen molar-refractivity contribution in [2.45, 2.75) is 39.2 Å². The molecule has 0 bridgehead atoms. The van der Waals surface area contributed by atoms with Crippen molar-refractivity contribution in [2.75, 3.05) is 52.9 Å². The van der Waals surface area contributed by atoms with Crippen molar-refractivity contribution in [1.82, 2.24) is 0 Å². The number of hydrogen-bond acceptors (Lipinski definition) is 6. The molecule has 0 amide bonds. The van der Waals surface area contributed by atoms with Crippen molar-refractivity contribution < 1.29 is 28.5 Å². The molecule has 1 aromatic carbocycles. The lowest BCUT2D eigenvalue weighted by Crippen LogP contribution is -2.14. The molecule has 6 heteroatoms. The Bertz CT molecular complexity index is 451. The van der Waals surface area contributed by atoms with Gasteiger partial charge in [-0.1, -0.05) is 50.1 Å². The zero-order valence-electron chi connectivity index (χ0n) is 16.5. The molecule has 1 aromatic rings. The van der Waals surface area contributed by atoms with Crippen LogP contribution in [0.3, 0.4) is 0 Å². The molecular formula is C21H34O6. The van der Waals surface area contributed by atoms with Crippen molar-refractivity contribution >= 4 is 5.97 Å². The van der Waals surface area contributed by atoms with Crippen LogP contribution < -0.4 is 0 Å². The number of esters is 1. The lowest BCUT2D eigenvalue weighted by molar-refractivity contribution is -0.145. The molecule has 0 aliphatic heterocycles. The van der Waals surface area contributed by atoms with Gasteiger partial charge in [0.1, 0.15) is 6.61 Å². The van der Waals surface area contributed by atoms with E-state index in [9.17, 15) is 4.79 Å². The van der Waals surface area contributed by atoms with Crippen LogP contribution in [0.2, 0.25) is 0 Å². The highest BCUT2D eigenvalue weighted by atomic mass is 16.6. The van der Waals surface area contributed by atoms with E-state index in [0.29, 0.717) is 65.9 Å². The minimum absolute atomic E-state index is 0.145. The predicted molar refractivity (Wildman–Crippen MR) is 104 cm³/mol. The van der Waals surface area contributed by atoms with Gasteiger partial charge in [-0.15, -0.1) is 0 Å². The molecule has 0 aliphatic carbocycles. The maximum Gasteiger partial charge on any atom is 0.305 e. The fourth-order valence-electron chi connectivity index (χ4n) is 2.23. The number of unbranched alkanes of at least 4 members (excludes halogenated alkanes) is 2. The second-order valence-electron chi connectivity index (χ2n) is 6.05. The zero-order valence-corrected chi connectivity index (χ0v) is 16.5. The van der Waals surface area contributed by atoms with Gasteiger partial charge in [0, 0.05) is 6.42 Å². The second kappa shape index (κ2) is 17.9. The number of ether oxygens (including phenoxy) is 5. The first-order chi connectivity index (χ1) is 13.3. The van der Waals surface area contributed by atoms with Gasteiger partial charge in [0.2, 0.25) is 0 Å². The summed E-state index contributed by atoms with van der Waals surface area (Å²) in [5.74, 6) is -0.145. The van der Waals surface area contributed by atoms with Crippen LogP contribution in [0.25, 0.3) is 0 Å². The van der Waals surface area contributed by atoms with Gasteiger partial charge < -0.3 is 23.7 Å². The van der Waals surface area contributed by atoms with E-state index in [4.69, 9.17) is 23.7 Å². The summed E-state index contributed by atoms with van der Waals surface area (Å²) in [5, 5.41) is 0. The minimum Gasteiger partial charge on any atom is -0.463 e. The monoisotopic (exact) mass is 382 g/mol. The summed E-state index contributed by atoms with van der Waals surface area (Å²) in [6.45, 7) is 6.56. The summed E-state index contributed by atoms with van der Waals surface area (Å²) < 4.78 is 26.8. The highest BCUT2D eigenvalue weighted by Gasteiger charge is 2.01. The molecular weight excluding hydrogens is 348 g/mol. The Balaban J connectivity index is 1.73. The van der Waals surface area contributed by atoms with Crippen molar-refractivity contribution in [3.63, 3.8) is 0 Å². The number of carbonyl (C=O) groups excluding carboxylic acids is 1. The topological polar surface area (TPSA) is 63.2 Å². The summed E-state index contributed by atoms with van der Waals surface area (Å²) in [6, 6.07) is 10.1. The van der Waals surface area contributed by atoms with Crippen molar-refractivity contribution in [3.8, 4) is 0 Å². The summed E-state index contributed by atoms with van der Waals surface area (Å²) in [7, 11) is 0. The first-order valence-corrected chi connectivity index (χ1v) is 9.83. The maximum absolute atomic E-state index is 11.4. The predicted octanol–water partition coefficient (Wildman–Crippen LogP) is 3.38. The minimum atomic E-state index is -0.145. The quantitative estimate of drug-likeness (QED) is 0.286. The largest absolute Gasteiger partial charge is 0.463 e.